The molecular formula is C21H31N3O5. The average Bonchev–Trinajstić information content (AvgIpc) is 2.64. The van der Waals surface area contributed by atoms with Gasteiger partial charge in [-0.2, -0.15) is 0 Å². The van der Waals surface area contributed by atoms with Crippen molar-refractivity contribution in [3.63, 3.8) is 0 Å². The molecule has 1 aliphatic rings. The minimum atomic E-state index is -0.563. The Kier molecular flexibility index (Phi) is 7.87. The molecule has 3 N–H and O–H groups in total. The summed E-state index contributed by atoms with van der Waals surface area (Å²) in [5, 5.41) is 2.76. The predicted molar refractivity (Wildman–Crippen MR) is 108 cm³/mol. The normalized spacial score (nSPS) is 16.8. The summed E-state index contributed by atoms with van der Waals surface area (Å²) in [7, 11) is 0. The Hall–Kier alpha value is -2.77. The molecule has 8 heteroatoms. The fourth-order valence-electron chi connectivity index (χ4n) is 3.19. The SMILES string of the molecule is CC(C)(C)OC(=O)NCC1CCCCN1C(=O)COc1ccc(CC(N)=O)cc1. The standard InChI is InChI=1S/C21H31N3O5/c1-21(2,3)29-20(27)23-13-16-6-4-5-11-24(16)19(26)14-28-17-9-7-15(8-10-17)12-18(22)25/h7-10,16H,4-6,11-14H2,1-3H3,(H2,22,25)(H,23,27). The molecule has 1 aromatic rings. The average molecular weight is 405 g/mol. The zero-order valence-corrected chi connectivity index (χ0v) is 17.4. The van der Waals surface area contributed by atoms with Crippen LogP contribution >= 0.6 is 0 Å². The van der Waals surface area contributed by atoms with E-state index in [9.17, 15) is 14.4 Å². The molecule has 1 heterocycles. The number of benzene rings is 1. The number of alkyl carbamates (subject to hydrolysis) is 1. The van der Waals surface area contributed by atoms with E-state index in [4.69, 9.17) is 15.2 Å². The smallest absolute Gasteiger partial charge is 0.407 e. The highest BCUT2D eigenvalue weighted by Gasteiger charge is 2.28. The summed E-state index contributed by atoms with van der Waals surface area (Å²) in [5.74, 6) is 0.0267. The van der Waals surface area contributed by atoms with Crippen LogP contribution in [-0.4, -0.2) is 54.1 Å². The second-order valence-corrected chi connectivity index (χ2v) is 8.20. The van der Waals surface area contributed by atoms with Crippen molar-refractivity contribution < 1.29 is 23.9 Å². The van der Waals surface area contributed by atoms with Crippen LogP contribution in [0.4, 0.5) is 4.79 Å². The molecule has 2 rings (SSSR count). The molecule has 1 fully saturated rings. The lowest BCUT2D eigenvalue weighted by Crippen LogP contribution is -2.51. The fourth-order valence-corrected chi connectivity index (χ4v) is 3.19. The summed E-state index contributed by atoms with van der Waals surface area (Å²) in [5.41, 5.74) is 5.40. The first-order valence-corrected chi connectivity index (χ1v) is 9.90. The summed E-state index contributed by atoms with van der Waals surface area (Å²) < 4.78 is 10.9. The van der Waals surface area contributed by atoms with Gasteiger partial charge in [0, 0.05) is 19.1 Å². The highest BCUT2D eigenvalue weighted by Crippen LogP contribution is 2.18. The van der Waals surface area contributed by atoms with E-state index in [2.05, 4.69) is 5.32 Å². The minimum absolute atomic E-state index is 0.0784. The lowest BCUT2D eigenvalue weighted by Gasteiger charge is -2.36. The number of carbonyl (C=O) groups excluding carboxylic acids is 3. The molecule has 0 aromatic heterocycles. The highest BCUT2D eigenvalue weighted by atomic mass is 16.6. The zero-order chi connectivity index (χ0) is 21.4. The van der Waals surface area contributed by atoms with Gasteiger partial charge < -0.3 is 25.4 Å². The molecule has 0 saturated carbocycles. The minimum Gasteiger partial charge on any atom is -0.484 e. The molecule has 8 nitrogen and oxygen atoms in total. The number of primary amides is 1. The fraction of sp³-hybridized carbons (Fsp3) is 0.571. The third-order valence-corrected chi connectivity index (χ3v) is 4.49. The van der Waals surface area contributed by atoms with Gasteiger partial charge >= 0.3 is 6.09 Å². The lowest BCUT2D eigenvalue weighted by molar-refractivity contribution is -0.137. The maximum absolute atomic E-state index is 12.7. The van der Waals surface area contributed by atoms with Gasteiger partial charge in [0.1, 0.15) is 11.4 Å². The second-order valence-electron chi connectivity index (χ2n) is 8.20. The molecule has 29 heavy (non-hydrogen) atoms. The van der Waals surface area contributed by atoms with Crippen molar-refractivity contribution in [1.29, 1.82) is 0 Å². The quantitative estimate of drug-likeness (QED) is 0.721. The van der Waals surface area contributed by atoms with Crippen LogP contribution in [0.3, 0.4) is 0 Å². The van der Waals surface area contributed by atoms with Crippen molar-refractivity contribution >= 4 is 17.9 Å². The summed E-state index contributed by atoms with van der Waals surface area (Å²) >= 11 is 0. The molecule has 1 aliphatic heterocycles. The molecule has 0 radical (unpaired) electrons. The molecular weight excluding hydrogens is 374 g/mol. The first-order chi connectivity index (χ1) is 13.6. The number of hydrogen-bond acceptors (Lipinski definition) is 5. The first-order valence-electron chi connectivity index (χ1n) is 9.90. The third-order valence-electron chi connectivity index (χ3n) is 4.49. The monoisotopic (exact) mass is 405 g/mol. The van der Waals surface area contributed by atoms with Gasteiger partial charge in [-0.05, 0) is 57.7 Å². The van der Waals surface area contributed by atoms with Crippen LogP contribution < -0.4 is 15.8 Å². The lowest BCUT2D eigenvalue weighted by atomic mass is 10.0. The van der Waals surface area contributed by atoms with Crippen LogP contribution in [0.15, 0.2) is 24.3 Å². The van der Waals surface area contributed by atoms with Gasteiger partial charge in [0.2, 0.25) is 5.91 Å². The van der Waals surface area contributed by atoms with E-state index in [1.165, 1.54) is 0 Å². The van der Waals surface area contributed by atoms with Gasteiger partial charge in [0.25, 0.3) is 5.91 Å². The van der Waals surface area contributed by atoms with Crippen LogP contribution in [0.2, 0.25) is 0 Å². The summed E-state index contributed by atoms with van der Waals surface area (Å²) in [6.45, 7) is 6.32. The van der Waals surface area contributed by atoms with Crippen LogP contribution in [0.5, 0.6) is 5.75 Å². The predicted octanol–water partition coefficient (Wildman–Crippen LogP) is 2.00. The molecule has 1 atom stereocenters. The maximum Gasteiger partial charge on any atom is 0.407 e. The number of nitrogens with two attached hydrogens (primary N) is 1. The molecule has 1 saturated heterocycles. The van der Waals surface area contributed by atoms with Gasteiger partial charge in [-0.1, -0.05) is 12.1 Å². The Bertz CT molecular complexity index is 712. The molecule has 0 aliphatic carbocycles. The van der Waals surface area contributed by atoms with Crippen molar-refractivity contribution in [2.75, 3.05) is 19.7 Å². The number of nitrogens with one attached hydrogen (secondary N) is 1. The number of carbonyl (C=O) groups is 3. The van der Waals surface area contributed by atoms with Gasteiger partial charge in [0.15, 0.2) is 6.61 Å². The van der Waals surface area contributed by atoms with Crippen LogP contribution in [0.1, 0.15) is 45.6 Å². The van der Waals surface area contributed by atoms with Gasteiger partial charge in [-0.3, -0.25) is 9.59 Å². The molecule has 3 amide bonds. The molecule has 0 bridgehead atoms. The van der Waals surface area contributed by atoms with E-state index in [1.807, 2.05) is 0 Å². The number of amides is 3. The Balaban J connectivity index is 1.85. The number of ether oxygens (including phenoxy) is 2. The third kappa shape index (κ3) is 8.01. The molecule has 0 spiro atoms. The first kappa shape index (κ1) is 22.5. The summed E-state index contributed by atoms with van der Waals surface area (Å²) in [6, 6.07) is 6.84. The number of likely N-dealkylation sites (tertiary alicyclic amines) is 1. The van der Waals surface area contributed by atoms with E-state index in [-0.39, 0.29) is 25.0 Å². The van der Waals surface area contributed by atoms with Gasteiger partial charge in [0.05, 0.1) is 6.42 Å². The molecule has 160 valence electrons. The van der Waals surface area contributed by atoms with Crippen molar-refractivity contribution in [3.05, 3.63) is 29.8 Å². The Morgan fingerprint density at radius 1 is 1.17 bits per heavy atom. The largest absolute Gasteiger partial charge is 0.484 e. The van der Waals surface area contributed by atoms with Crippen molar-refractivity contribution in [2.45, 2.75) is 58.1 Å². The van der Waals surface area contributed by atoms with Crippen molar-refractivity contribution in [2.24, 2.45) is 5.73 Å². The maximum atomic E-state index is 12.7. The molecule has 1 unspecified atom stereocenters. The number of nitrogens with zero attached hydrogens (tertiary/aromatic N) is 1. The molecule has 1 aromatic carbocycles. The Morgan fingerprint density at radius 3 is 2.48 bits per heavy atom. The van der Waals surface area contributed by atoms with Crippen molar-refractivity contribution in [3.8, 4) is 5.75 Å². The van der Waals surface area contributed by atoms with Crippen LogP contribution in [0, 0.1) is 0 Å². The van der Waals surface area contributed by atoms with E-state index in [0.29, 0.717) is 18.8 Å². The Morgan fingerprint density at radius 2 is 1.86 bits per heavy atom. The topological polar surface area (TPSA) is 111 Å². The van der Waals surface area contributed by atoms with E-state index >= 15 is 0 Å². The Labute approximate surface area is 171 Å². The van der Waals surface area contributed by atoms with Gasteiger partial charge in [-0.25, -0.2) is 4.79 Å². The van der Waals surface area contributed by atoms with Crippen molar-refractivity contribution in [1.82, 2.24) is 10.2 Å². The second kappa shape index (κ2) is 10.1. The van der Waals surface area contributed by atoms with Crippen LogP contribution in [-0.2, 0) is 20.7 Å². The zero-order valence-electron chi connectivity index (χ0n) is 17.4. The summed E-state index contributed by atoms with van der Waals surface area (Å²) in [4.78, 5) is 37.3. The van der Waals surface area contributed by atoms with E-state index in [0.717, 1.165) is 24.8 Å². The number of rotatable bonds is 7. The summed E-state index contributed by atoms with van der Waals surface area (Å²) in [6.07, 6.45) is 2.44. The van der Waals surface area contributed by atoms with Crippen LogP contribution in [0.25, 0.3) is 0 Å². The van der Waals surface area contributed by atoms with E-state index in [1.54, 1.807) is 49.9 Å². The number of hydrogen-bond donors (Lipinski definition) is 2. The number of piperidine rings is 1. The van der Waals surface area contributed by atoms with Gasteiger partial charge in [-0.15, -0.1) is 0 Å². The van der Waals surface area contributed by atoms with E-state index < -0.39 is 17.6 Å². The highest BCUT2D eigenvalue weighted by molar-refractivity contribution is 5.78.